The predicted molar refractivity (Wildman–Crippen MR) is 87.9 cm³/mol. The maximum atomic E-state index is 12.7. The van der Waals surface area contributed by atoms with Crippen molar-refractivity contribution in [3.63, 3.8) is 0 Å². The quantitative estimate of drug-likeness (QED) is 0.861. The van der Waals surface area contributed by atoms with Gasteiger partial charge in [0.25, 0.3) is 0 Å². The number of likely N-dealkylation sites (tertiary alicyclic amines) is 1. The molecule has 128 valence electrons. The van der Waals surface area contributed by atoms with Gasteiger partial charge in [-0.1, -0.05) is 0 Å². The highest BCUT2D eigenvalue weighted by atomic mass is 16.2. The Hall–Kier alpha value is -1.47. The van der Waals surface area contributed by atoms with Gasteiger partial charge < -0.3 is 14.8 Å². The van der Waals surface area contributed by atoms with Crippen LogP contribution in [0.2, 0.25) is 0 Å². The van der Waals surface area contributed by atoms with Gasteiger partial charge >= 0.3 is 0 Å². The van der Waals surface area contributed by atoms with E-state index in [2.05, 4.69) is 31.9 Å². The van der Waals surface area contributed by atoms with E-state index in [0.29, 0.717) is 5.91 Å². The van der Waals surface area contributed by atoms with Crippen LogP contribution in [0.5, 0.6) is 0 Å². The second-order valence-corrected chi connectivity index (χ2v) is 6.56. The third-order valence-electron chi connectivity index (χ3n) is 4.98. The van der Waals surface area contributed by atoms with Crippen molar-refractivity contribution < 1.29 is 4.79 Å². The number of carbonyl (C=O) groups excluding carboxylic acids is 1. The molecule has 7 nitrogen and oxygen atoms in total. The summed E-state index contributed by atoms with van der Waals surface area (Å²) in [5.74, 6) is 2.46. The second kappa shape index (κ2) is 7.40. The molecule has 1 amide bonds. The maximum absolute atomic E-state index is 12.7. The van der Waals surface area contributed by atoms with Crippen LogP contribution in [0.3, 0.4) is 0 Å². The fourth-order valence-corrected chi connectivity index (χ4v) is 3.70. The Labute approximate surface area is 138 Å². The summed E-state index contributed by atoms with van der Waals surface area (Å²) >= 11 is 0. The van der Waals surface area contributed by atoms with E-state index in [1.807, 2.05) is 11.8 Å². The first kappa shape index (κ1) is 16.4. The van der Waals surface area contributed by atoms with Crippen LogP contribution in [0.25, 0.3) is 0 Å². The van der Waals surface area contributed by atoms with Gasteiger partial charge in [-0.15, -0.1) is 10.2 Å². The van der Waals surface area contributed by atoms with E-state index in [-0.39, 0.29) is 5.92 Å². The summed E-state index contributed by atoms with van der Waals surface area (Å²) in [5, 5.41) is 11.8. The van der Waals surface area contributed by atoms with Crippen molar-refractivity contribution in [1.29, 1.82) is 0 Å². The lowest BCUT2D eigenvalue weighted by Gasteiger charge is -2.36. The zero-order chi connectivity index (χ0) is 16.2. The van der Waals surface area contributed by atoms with Gasteiger partial charge in [0.2, 0.25) is 5.91 Å². The normalized spacial score (nSPS) is 23.2. The molecule has 2 aliphatic rings. The van der Waals surface area contributed by atoms with Crippen LogP contribution in [-0.2, 0) is 17.9 Å². The molecule has 0 radical (unpaired) electrons. The van der Waals surface area contributed by atoms with E-state index in [0.717, 1.165) is 76.8 Å². The Morgan fingerprint density at radius 3 is 2.78 bits per heavy atom. The molecule has 0 spiro atoms. The van der Waals surface area contributed by atoms with Crippen molar-refractivity contribution in [3.8, 4) is 0 Å². The number of piperazine rings is 1. The maximum Gasteiger partial charge on any atom is 0.227 e. The van der Waals surface area contributed by atoms with Gasteiger partial charge in [0, 0.05) is 39.3 Å². The van der Waals surface area contributed by atoms with E-state index in [1.165, 1.54) is 0 Å². The van der Waals surface area contributed by atoms with Crippen LogP contribution in [-0.4, -0.2) is 69.7 Å². The molecule has 1 aromatic heterocycles. The van der Waals surface area contributed by atoms with Gasteiger partial charge in [-0.3, -0.25) is 9.69 Å². The second-order valence-electron chi connectivity index (χ2n) is 6.56. The van der Waals surface area contributed by atoms with Gasteiger partial charge in [0.05, 0.1) is 12.5 Å². The zero-order valence-electron chi connectivity index (χ0n) is 14.3. The lowest BCUT2D eigenvalue weighted by atomic mass is 9.96. The molecular formula is C16H28N6O. The summed E-state index contributed by atoms with van der Waals surface area (Å²) in [4.78, 5) is 17.1. The summed E-state index contributed by atoms with van der Waals surface area (Å²) in [7, 11) is 0. The minimum Gasteiger partial charge on any atom is -0.340 e. The largest absolute Gasteiger partial charge is 0.340 e. The molecule has 7 heteroatoms. The molecule has 3 heterocycles. The number of amides is 1. The highest BCUT2D eigenvalue weighted by Gasteiger charge is 2.30. The van der Waals surface area contributed by atoms with Gasteiger partial charge in [-0.2, -0.15) is 0 Å². The first-order valence-corrected chi connectivity index (χ1v) is 8.79. The van der Waals surface area contributed by atoms with E-state index >= 15 is 0 Å². The first-order chi connectivity index (χ1) is 11.2. The monoisotopic (exact) mass is 320 g/mol. The number of hydrogen-bond acceptors (Lipinski definition) is 5. The fourth-order valence-electron chi connectivity index (χ4n) is 3.70. The summed E-state index contributed by atoms with van der Waals surface area (Å²) < 4.78 is 2.15. The lowest BCUT2D eigenvalue weighted by molar-refractivity contribution is -0.138. The molecule has 0 aromatic carbocycles. The predicted octanol–water partition coefficient (Wildman–Crippen LogP) is 0.250. The number of nitrogens with one attached hydrogen (secondary N) is 1. The third kappa shape index (κ3) is 3.72. The molecule has 1 atom stereocenters. The first-order valence-electron chi connectivity index (χ1n) is 8.79. The zero-order valence-corrected chi connectivity index (χ0v) is 14.3. The molecular weight excluding hydrogens is 292 g/mol. The van der Waals surface area contributed by atoms with E-state index in [1.54, 1.807) is 0 Å². The van der Waals surface area contributed by atoms with Crippen molar-refractivity contribution in [2.75, 3.05) is 39.3 Å². The SMILES string of the molecule is CCn1c(C)nnc1CN1CCCC(C(=O)N2CCNCC2)C1. The van der Waals surface area contributed by atoms with Gasteiger partial charge in [-0.05, 0) is 33.2 Å². The minimum atomic E-state index is 0.140. The third-order valence-corrected chi connectivity index (χ3v) is 4.98. The molecule has 1 N–H and O–H groups in total. The lowest BCUT2D eigenvalue weighted by Crippen LogP contribution is -2.51. The molecule has 0 aliphatic carbocycles. The van der Waals surface area contributed by atoms with E-state index in [9.17, 15) is 4.79 Å². The number of rotatable bonds is 4. The Morgan fingerprint density at radius 2 is 2.04 bits per heavy atom. The molecule has 1 unspecified atom stereocenters. The Kier molecular flexibility index (Phi) is 5.27. The van der Waals surface area contributed by atoms with Crippen molar-refractivity contribution in [1.82, 2.24) is 29.9 Å². The average molecular weight is 320 g/mol. The summed E-state index contributed by atoms with van der Waals surface area (Å²) in [5.41, 5.74) is 0. The van der Waals surface area contributed by atoms with Crippen molar-refractivity contribution >= 4 is 5.91 Å². The molecule has 23 heavy (non-hydrogen) atoms. The van der Waals surface area contributed by atoms with Crippen LogP contribution in [0.1, 0.15) is 31.4 Å². The standard InChI is InChI=1S/C16H28N6O/c1-3-22-13(2)18-19-15(22)12-20-8-4-5-14(11-20)16(23)21-9-6-17-7-10-21/h14,17H,3-12H2,1-2H3. The highest BCUT2D eigenvalue weighted by Crippen LogP contribution is 2.20. The van der Waals surface area contributed by atoms with Crippen LogP contribution >= 0.6 is 0 Å². The number of aryl methyl sites for hydroxylation is 1. The molecule has 2 saturated heterocycles. The van der Waals surface area contributed by atoms with Crippen molar-refractivity contribution in [2.45, 2.75) is 39.8 Å². The molecule has 0 saturated carbocycles. The number of hydrogen-bond donors (Lipinski definition) is 1. The Balaban J connectivity index is 1.60. The molecule has 3 rings (SSSR count). The van der Waals surface area contributed by atoms with Crippen LogP contribution in [0.4, 0.5) is 0 Å². The number of aromatic nitrogens is 3. The molecule has 2 fully saturated rings. The highest BCUT2D eigenvalue weighted by molar-refractivity contribution is 5.79. The molecule has 0 bridgehead atoms. The topological polar surface area (TPSA) is 66.3 Å². The summed E-state index contributed by atoms with van der Waals surface area (Å²) in [6, 6.07) is 0. The molecule has 1 aromatic rings. The Bertz CT molecular complexity index is 537. The summed E-state index contributed by atoms with van der Waals surface area (Å²) in [6.45, 7) is 11.2. The van der Waals surface area contributed by atoms with Crippen molar-refractivity contribution in [3.05, 3.63) is 11.6 Å². The van der Waals surface area contributed by atoms with Gasteiger partial charge in [-0.25, -0.2) is 0 Å². The van der Waals surface area contributed by atoms with Crippen LogP contribution in [0.15, 0.2) is 0 Å². The summed E-state index contributed by atoms with van der Waals surface area (Å²) in [6.07, 6.45) is 2.10. The van der Waals surface area contributed by atoms with Gasteiger partial charge in [0.15, 0.2) is 0 Å². The van der Waals surface area contributed by atoms with E-state index in [4.69, 9.17) is 0 Å². The minimum absolute atomic E-state index is 0.140. The van der Waals surface area contributed by atoms with Crippen LogP contribution in [0, 0.1) is 12.8 Å². The average Bonchev–Trinajstić information content (AvgIpc) is 2.94. The number of piperidine rings is 1. The Morgan fingerprint density at radius 1 is 1.26 bits per heavy atom. The van der Waals surface area contributed by atoms with Crippen LogP contribution < -0.4 is 5.32 Å². The number of carbonyl (C=O) groups is 1. The smallest absolute Gasteiger partial charge is 0.227 e. The van der Waals surface area contributed by atoms with E-state index < -0.39 is 0 Å². The van der Waals surface area contributed by atoms with Crippen molar-refractivity contribution in [2.24, 2.45) is 5.92 Å². The number of nitrogens with zero attached hydrogens (tertiary/aromatic N) is 5. The molecule has 2 aliphatic heterocycles. The fraction of sp³-hybridized carbons (Fsp3) is 0.812. The van der Waals surface area contributed by atoms with Gasteiger partial charge in [0.1, 0.15) is 11.6 Å².